The van der Waals surface area contributed by atoms with Gasteiger partial charge in [-0.2, -0.15) is 0 Å². The van der Waals surface area contributed by atoms with Crippen LogP contribution in [0.3, 0.4) is 0 Å². The highest BCUT2D eigenvalue weighted by molar-refractivity contribution is 5.63. The molecule has 4 fully saturated rings. The van der Waals surface area contributed by atoms with Crippen molar-refractivity contribution in [2.45, 2.75) is 95.2 Å². The Labute approximate surface area is 220 Å². The van der Waals surface area contributed by atoms with Crippen LogP contribution in [0.2, 0.25) is 0 Å². The molecule has 4 bridgehead atoms. The van der Waals surface area contributed by atoms with Crippen molar-refractivity contribution in [3.05, 3.63) is 59.2 Å². The van der Waals surface area contributed by atoms with Gasteiger partial charge in [0, 0.05) is 35.5 Å². The Bertz CT molecular complexity index is 1240. The zero-order chi connectivity index (χ0) is 25.8. The number of ether oxygens (including phenoxy) is 3. The average Bonchev–Trinajstić information content (AvgIpc) is 3.24. The zero-order valence-electron chi connectivity index (χ0n) is 22.9. The lowest BCUT2D eigenvalue weighted by Gasteiger charge is -2.74. The number of nitrogens with one attached hydrogen (secondary N) is 1. The summed E-state index contributed by atoms with van der Waals surface area (Å²) in [5.41, 5.74) is 2.10. The van der Waals surface area contributed by atoms with Crippen LogP contribution < -0.4 is 14.8 Å². The van der Waals surface area contributed by atoms with E-state index in [4.69, 9.17) is 14.2 Å². The maximum absolute atomic E-state index is 12.2. The number of piperidine rings is 1. The molecule has 6 aliphatic rings. The molecule has 2 aliphatic heterocycles. The summed E-state index contributed by atoms with van der Waals surface area (Å²) in [6.07, 6.45) is 4.87. The zero-order valence-corrected chi connectivity index (χ0v) is 22.9. The van der Waals surface area contributed by atoms with Gasteiger partial charge in [0.15, 0.2) is 11.5 Å². The van der Waals surface area contributed by atoms with E-state index in [2.05, 4.69) is 62.5 Å². The maximum Gasteiger partial charge on any atom is 0.166 e. The van der Waals surface area contributed by atoms with Gasteiger partial charge in [-0.1, -0.05) is 57.2 Å². The van der Waals surface area contributed by atoms with Crippen molar-refractivity contribution in [3.8, 4) is 11.5 Å². The molecular weight excluding hydrogens is 462 g/mol. The third-order valence-corrected chi connectivity index (χ3v) is 11.6. The molecule has 3 saturated carbocycles. The molecule has 4 aliphatic carbocycles. The van der Waals surface area contributed by atoms with E-state index in [0.717, 1.165) is 55.7 Å². The molecule has 2 N–H and O–H groups in total. The van der Waals surface area contributed by atoms with E-state index < -0.39 is 11.2 Å². The topological polar surface area (TPSA) is 60.0 Å². The minimum Gasteiger partial charge on any atom is -0.485 e. The molecule has 2 spiro atoms. The summed E-state index contributed by atoms with van der Waals surface area (Å²) in [4.78, 5) is 0. The number of methoxy groups -OCH3 is 1. The Balaban J connectivity index is 1.40. The normalized spacial score (nSPS) is 38.5. The Morgan fingerprint density at radius 2 is 1.84 bits per heavy atom. The lowest BCUT2D eigenvalue weighted by Crippen LogP contribution is -2.83. The standard InChI is InChI=1S/C32H41NO4/c1-28(2,3)29(4,34)23-18-30-13-14-32(23,35-5)27-31(30)15-16-33-24(30)17-21-11-12-22(26(37-27)25(21)31)36-19-20-9-7-6-8-10-20/h6-12,23-24,27,33-34H,13-19H2,1-5H3/t23-,24?,27?,29?,30-,31?,32-/m1/s1. The van der Waals surface area contributed by atoms with Crippen molar-refractivity contribution in [1.82, 2.24) is 5.32 Å². The van der Waals surface area contributed by atoms with Crippen molar-refractivity contribution < 1.29 is 19.3 Å². The average molecular weight is 504 g/mol. The smallest absolute Gasteiger partial charge is 0.166 e. The van der Waals surface area contributed by atoms with Gasteiger partial charge < -0.3 is 24.6 Å². The molecule has 2 aromatic carbocycles. The number of hydrogen-bond donors (Lipinski definition) is 2. The predicted molar refractivity (Wildman–Crippen MR) is 143 cm³/mol. The molecular formula is C32H41NO4. The fraction of sp³-hybridized carbons (Fsp3) is 0.625. The summed E-state index contributed by atoms with van der Waals surface area (Å²) in [5.74, 6) is 1.75. The van der Waals surface area contributed by atoms with Crippen LogP contribution >= 0.6 is 0 Å². The van der Waals surface area contributed by atoms with Crippen LogP contribution in [-0.2, 0) is 23.2 Å². The molecule has 7 atom stereocenters. The number of aliphatic hydroxyl groups is 1. The van der Waals surface area contributed by atoms with E-state index in [0.29, 0.717) is 12.6 Å². The van der Waals surface area contributed by atoms with Gasteiger partial charge >= 0.3 is 0 Å². The lowest BCUT2D eigenvalue weighted by atomic mass is 9.33. The molecule has 0 radical (unpaired) electrons. The molecule has 8 rings (SSSR count). The van der Waals surface area contributed by atoms with Gasteiger partial charge in [0.25, 0.3) is 0 Å². The lowest BCUT2D eigenvalue weighted by molar-refractivity contribution is -0.303. The second kappa shape index (κ2) is 7.52. The third-order valence-electron chi connectivity index (χ3n) is 11.6. The molecule has 2 heterocycles. The summed E-state index contributed by atoms with van der Waals surface area (Å²) in [6.45, 7) is 10.0. The van der Waals surface area contributed by atoms with Gasteiger partial charge in [0.1, 0.15) is 18.3 Å². The van der Waals surface area contributed by atoms with Crippen LogP contribution in [0.15, 0.2) is 42.5 Å². The highest BCUT2D eigenvalue weighted by Crippen LogP contribution is 2.77. The van der Waals surface area contributed by atoms with E-state index >= 15 is 0 Å². The van der Waals surface area contributed by atoms with E-state index in [-0.39, 0.29) is 28.3 Å². The van der Waals surface area contributed by atoms with E-state index in [1.165, 1.54) is 11.1 Å². The summed E-state index contributed by atoms with van der Waals surface area (Å²) in [7, 11) is 1.85. The van der Waals surface area contributed by atoms with Gasteiger partial charge in [0.2, 0.25) is 0 Å². The van der Waals surface area contributed by atoms with E-state index in [1.807, 2.05) is 20.1 Å². The quantitative estimate of drug-likeness (QED) is 0.590. The first-order valence-corrected chi connectivity index (χ1v) is 14.1. The van der Waals surface area contributed by atoms with Crippen molar-refractivity contribution in [1.29, 1.82) is 0 Å². The van der Waals surface area contributed by atoms with Crippen molar-refractivity contribution >= 4 is 0 Å². The number of benzene rings is 2. The van der Waals surface area contributed by atoms with Crippen molar-refractivity contribution in [2.75, 3.05) is 13.7 Å². The van der Waals surface area contributed by atoms with Crippen LogP contribution in [0.1, 0.15) is 70.1 Å². The number of fused-ring (bicyclic) bond motifs is 2. The maximum atomic E-state index is 12.2. The first-order chi connectivity index (χ1) is 17.6. The monoisotopic (exact) mass is 503 g/mol. The Morgan fingerprint density at radius 1 is 1.05 bits per heavy atom. The van der Waals surface area contributed by atoms with Gasteiger partial charge in [-0.3, -0.25) is 0 Å². The van der Waals surface area contributed by atoms with Crippen LogP contribution in [-0.4, -0.2) is 42.1 Å². The third kappa shape index (κ3) is 2.76. The van der Waals surface area contributed by atoms with Gasteiger partial charge in [-0.15, -0.1) is 0 Å². The Hall–Kier alpha value is -2.08. The summed E-state index contributed by atoms with van der Waals surface area (Å²) < 4.78 is 20.3. The fourth-order valence-electron chi connectivity index (χ4n) is 9.36. The summed E-state index contributed by atoms with van der Waals surface area (Å²) in [5, 5.41) is 16.1. The van der Waals surface area contributed by atoms with Gasteiger partial charge in [0.05, 0.1) is 5.60 Å². The fourth-order valence-corrected chi connectivity index (χ4v) is 9.36. The predicted octanol–water partition coefficient (Wildman–Crippen LogP) is 5.16. The molecule has 37 heavy (non-hydrogen) atoms. The molecule has 2 aromatic rings. The molecule has 5 nitrogen and oxygen atoms in total. The number of hydrogen-bond acceptors (Lipinski definition) is 5. The van der Waals surface area contributed by atoms with Crippen molar-refractivity contribution in [3.63, 3.8) is 0 Å². The van der Waals surface area contributed by atoms with E-state index in [1.54, 1.807) is 0 Å². The SMILES string of the molecule is CO[C@]12CC[C@@]3(C[C@@H]1C(C)(O)C(C)(C)C)C1Cc4ccc(OCc5ccccc5)c5c4C3(CCN1)C2O5. The molecule has 4 unspecified atom stereocenters. The van der Waals surface area contributed by atoms with E-state index in [9.17, 15) is 5.11 Å². The highest BCUT2D eigenvalue weighted by atomic mass is 16.6. The highest BCUT2D eigenvalue weighted by Gasteiger charge is 2.81. The largest absolute Gasteiger partial charge is 0.485 e. The van der Waals surface area contributed by atoms with Gasteiger partial charge in [-0.05, 0) is 68.2 Å². The summed E-state index contributed by atoms with van der Waals surface area (Å²) >= 11 is 0. The summed E-state index contributed by atoms with van der Waals surface area (Å²) in [6, 6.07) is 15.1. The first-order valence-electron chi connectivity index (χ1n) is 14.1. The molecule has 0 amide bonds. The Morgan fingerprint density at radius 3 is 2.57 bits per heavy atom. The first kappa shape index (κ1) is 24.0. The molecule has 198 valence electrons. The van der Waals surface area contributed by atoms with Gasteiger partial charge in [-0.25, -0.2) is 0 Å². The minimum atomic E-state index is -0.905. The molecule has 1 saturated heterocycles. The Kier molecular flexibility index (Phi) is 4.88. The second-order valence-corrected chi connectivity index (χ2v) is 13.6. The minimum absolute atomic E-state index is 0.0242. The molecule has 5 heteroatoms. The van der Waals surface area contributed by atoms with Crippen molar-refractivity contribution in [2.24, 2.45) is 16.7 Å². The van der Waals surface area contributed by atoms with Crippen LogP contribution in [0.5, 0.6) is 11.5 Å². The van der Waals surface area contributed by atoms with Crippen LogP contribution in [0.25, 0.3) is 0 Å². The van der Waals surface area contributed by atoms with Crippen LogP contribution in [0.4, 0.5) is 0 Å². The second-order valence-electron chi connectivity index (χ2n) is 13.6. The molecule has 0 aromatic heterocycles. The van der Waals surface area contributed by atoms with Crippen LogP contribution in [0, 0.1) is 16.7 Å². The number of rotatable bonds is 5.